The normalized spacial score (nSPS) is 16.3. The molecular formula is C26H27FN2O3S. The molecule has 3 aromatic carbocycles. The number of aryl methyl sites for hydroxylation is 3. The van der Waals surface area contributed by atoms with Gasteiger partial charge in [-0.15, -0.1) is 0 Å². The van der Waals surface area contributed by atoms with Crippen molar-refractivity contribution in [2.45, 2.75) is 51.2 Å². The van der Waals surface area contributed by atoms with E-state index in [-0.39, 0.29) is 24.4 Å². The Kier molecular flexibility index (Phi) is 6.36. The quantitative estimate of drug-likeness (QED) is 0.613. The number of hydrogen-bond donors (Lipinski definition) is 1. The molecule has 1 atom stereocenters. The van der Waals surface area contributed by atoms with Gasteiger partial charge in [-0.25, -0.2) is 12.8 Å². The Morgan fingerprint density at radius 3 is 2.27 bits per heavy atom. The van der Waals surface area contributed by atoms with Crippen molar-refractivity contribution in [1.29, 1.82) is 0 Å². The number of nitrogens with zero attached hydrogens (tertiary/aromatic N) is 1. The van der Waals surface area contributed by atoms with Gasteiger partial charge in [0.2, 0.25) is 15.9 Å². The second-order valence-electron chi connectivity index (χ2n) is 8.58. The van der Waals surface area contributed by atoms with E-state index >= 15 is 0 Å². The lowest BCUT2D eigenvalue weighted by atomic mass is 9.95. The van der Waals surface area contributed by atoms with Gasteiger partial charge in [-0.3, -0.25) is 4.79 Å². The first-order valence-corrected chi connectivity index (χ1v) is 12.3. The molecule has 0 aliphatic carbocycles. The largest absolute Gasteiger partial charge is 0.351 e. The van der Waals surface area contributed by atoms with Crippen LogP contribution >= 0.6 is 0 Å². The Balaban J connectivity index is 1.71. The average Bonchev–Trinajstić information content (AvgIpc) is 2.76. The standard InChI is InChI=1S/C26H27FN2O3S/c1-17-12-18(2)25(19(3)13-17)33(31,32)29-16-22-10-5-4-8-20(22)14-24(29)26(30)28-15-21-9-6-7-11-23(21)27/h4-13,24H,14-16H2,1-3H3,(H,28,30). The average molecular weight is 467 g/mol. The van der Waals surface area contributed by atoms with Gasteiger partial charge in [-0.1, -0.05) is 60.2 Å². The SMILES string of the molecule is Cc1cc(C)c(S(=O)(=O)N2Cc3ccccc3CC2C(=O)NCc2ccccc2F)c(C)c1. The van der Waals surface area contributed by atoms with E-state index in [9.17, 15) is 17.6 Å². The molecule has 3 aromatic rings. The summed E-state index contributed by atoms with van der Waals surface area (Å²) in [5, 5.41) is 2.75. The van der Waals surface area contributed by atoms with E-state index in [0.717, 1.165) is 16.7 Å². The molecule has 7 heteroatoms. The number of benzene rings is 3. The maximum absolute atomic E-state index is 14.0. The summed E-state index contributed by atoms with van der Waals surface area (Å²) in [4.78, 5) is 13.5. The molecule has 0 fully saturated rings. The Labute approximate surface area is 194 Å². The number of hydrogen-bond acceptors (Lipinski definition) is 3. The highest BCUT2D eigenvalue weighted by Crippen LogP contribution is 2.32. The first kappa shape index (κ1) is 23.1. The highest BCUT2D eigenvalue weighted by Gasteiger charge is 2.40. The van der Waals surface area contributed by atoms with Crippen LogP contribution in [0.25, 0.3) is 0 Å². The zero-order valence-corrected chi connectivity index (χ0v) is 19.7. The molecule has 1 amide bonds. The van der Waals surface area contributed by atoms with Crippen molar-refractivity contribution in [1.82, 2.24) is 9.62 Å². The minimum atomic E-state index is -3.97. The van der Waals surface area contributed by atoms with E-state index in [1.165, 1.54) is 10.4 Å². The van der Waals surface area contributed by atoms with Crippen molar-refractivity contribution >= 4 is 15.9 Å². The van der Waals surface area contributed by atoms with Crippen LogP contribution in [0.4, 0.5) is 4.39 Å². The number of amides is 1. The van der Waals surface area contributed by atoms with Gasteiger partial charge in [0.05, 0.1) is 4.90 Å². The second-order valence-corrected chi connectivity index (χ2v) is 10.4. The van der Waals surface area contributed by atoms with Crippen molar-refractivity contribution in [2.75, 3.05) is 0 Å². The molecule has 1 aliphatic heterocycles. The third-order valence-corrected chi connectivity index (χ3v) is 8.25. The third-order valence-electron chi connectivity index (χ3n) is 6.09. The second kappa shape index (κ2) is 9.08. The Morgan fingerprint density at radius 2 is 1.61 bits per heavy atom. The number of rotatable bonds is 5. The molecule has 0 bridgehead atoms. The van der Waals surface area contributed by atoms with Crippen LogP contribution < -0.4 is 5.32 Å². The van der Waals surface area contributed by atoms with Crippen LogP contribution in [-0.2, 0) is 34.3 Å². The minimum Gasteiger partial charge on any atom is -0.351 e. The molecule has 1 heterocycles. The van der Waals surface area contributed by atoms with Crippen LogP contribution in [0, 0.1) is 26.6 Å². The highest BCUT2D eigenvalue weighted by atomic mass is 32.2. The Morgan fingerprint density at radius 1 is 1.00 bits per heavy atom. The molecule has 1 aliphatic rings. The maximum Gasteiger partial charge on any atom is 0.244 e. The van der Waals surface area contributed by atoms with E-state index in [2.05, 4.69) is 5.32 Å². The smallest absolute Gasteiger partial charge is 0.244 e. The molecule has 4 rings (SSSR count). The fourth-order valence-electron chi connectivity index (χ4n) is 4.61. The van der Waals surface area contributed by atoms with Crippen LogP contribution in [0.5, 0.6) is 0 Å². The van der Waals surface area contributed by atoms with Crippen LogP contribution in [0.3, 0.4) is 0 Å². The summed E-state index contributed by atoms with van der Waals surface area (Å²) < 4.78 is 43.1. The molecule has 0 aromatic heterocycles. The lowest BCUT2D eigenvalue weighted by Gasteiger charge is -2.35. The van der Waals surface area contributed by atoms with Gasteiger partial charge in [-0.2, -0.15) is 4.31 Å². The van der Waals surface area contributed by atoms with Crippen molar-refractivity contribution in [3.8, 4) is 0 Å². The summed E-state index contributed by atoms with van der Waals surface area (Å²) in [5.41, 5.74) is 4.44. The number of fused-ring (bicyclic) bond motifs is 1. The fraction of sp³-hybridized carbons (Fsp3) is 0.269. The summed E-state index contributed by atoms with van der Waals surface area (Å²) in [6.07, 6.45) is 0.252. The molecule has 0 spiro atoms. The molecule has 0 radical (unpaired) electrons. The van der Waals surface area contributed by atoms with Crippen LogP contribution in [0.15, 0.2) is 65.6 Å². The lowest BCUT2D eigenvalue weighted by Crippen LogP contribution is -2.52. The Bertz CT molecular complexity index is 1300. The predicted molar refractivity (Wildman–Crippen MR) is 126 cm³/mol. The summed E-state index contributed by atoms with van der Waals surface area (Å²) in [7, 11) is -3.97. The maximum atomic E-state index is 14.0. The van der Waals surface area contributed by atoms with Gasteiger partial charge in [0, 0.05) is 18.7 Å². The monoisotopic (exact) mass is 466 g/mol. The van der Waals surface area contributed by atoms with Gasteiger partial charge in [0.15, 0.2) is 0 Å². The van der Waals surface area contributed by atoms with Crippen molar-refractivity contribution in [3.05, 3.63) is 99.9 Å². The van der Waals surface area contributed by atoms with E-state index in [0.29, 0.717) is 16.7 Å². The van der Waals surface area contributed by atoms with E-state index in [1.54, 1.807) is 32.0 Å². The van der Waals surface area contributed by atoms with Gasteiger partial charge in [0.25, 0.3) is 0 Å². The number of sulfonamides is 1. The number of nitrogens with one attached hydrogen (secondary N) is 1. The molecule has 5 nitrogen and oxygen atoms in total. The van der Waals surface area contributed by atoms with Crippen LogP contribution in [0.1, 0.15) is 33.4 Å². The van der Waals surface area contributed by atoms with Gasteiger partial charge in [0.1, 0.15) is 11.9 Å². The van der Waals surface area contributed by atoms with E-state index in [4.69, 9.17) is 0 Å². The molecule has 0 saturated heterocycles. The first-order chi connectivity index (χ1) is 15.7. The molecule has 1 unspecified atom stereocenters. The summed E-state index contributed by atoms with van der Waals surface area (Å²) >= 11 is 0. The molecule has 33 heavy (non-hydrogen) atoms. The summed E-state index contributed by atoms with van der Waals surface area (Å²) in [5.74, 6) is -0.860. The van der Waals surface area contributed by atoms with Crippen LogP contribution in [-0.4, -0.2) is 24.7 Å². The minimum absolute atomic E-state index is 0.0138. The zero-order chi connectivity index (χ0) is 23.8. The summed E-state index contributed by atoms with van der Waals surface area (Å²) in [6.45, 7) is 5.56. The lowest BCUT2D eigenvalue weighted by molar-refractivity contribution is -0.125. The van der Waals surface area contributed by atoms with Gasteiger partial charge >= 0.3 is 0 Å². The molecular weight excluding hydrogens is 439 g/mol. The topological polar surface area (TPSA) is 66.5 Å². The number of carbonyl (C=O) groups is 1. The molecule has 0 saturated carbocycles. The van der Waals surface area contributed by atoms with Gasteiger partial charge in [-0.05, 0) is 55.5 Å². The van der Waals surface area contributed by atoms with Gasteiger partial charge < -0.3 is 5.32 Å². The molecule has 172 valence electrons. The number of halogens is 1. The zero-order valence-electron chi connectivity index (χ0n) is 18.9. The van der Waals surface area contributed by atoms with Crippen molar-refractivity contribution in [3.63, 3.8) is 0 Å². The number of carbonyl (C=O) groups excluding carboxylic acids is 1. The Hall–Kier alpha value is -3.03. The fourth-order valence-corrected chi connectivity index (χ4v) is 6.59. The third kappa shape index (κ3) is 4.56. The van der Waals surface area contributed by atoms with Crippen molar-refractivity contribution < 1.29 is 17.6 Å². The van der Waals surface area contributed by atoms with E-state index in [1.807, 2.05) is 43.3 Å². The van der Waals surface area contributed by atoms with E-state index < -0.39 is 27.8 Å². The van der Waals surface area contributed by atoms with Crippen LogP contribution in [0.2, 0.25) is 0 Å². The summed E-state index contributed by atoms with van der Waals surface area (Å²) in [6, 6.07) is 16.5. The molecule has 1 N–H and O–H groups in total. The first-order valence-electron chi connectivity index (χ1n) is 10.9. The highest BCUT2D eigenvalue weighted by molar-refractivity contribution is 7.89. The predicted octanol–water partition coefficient (Wildman–Crippen LogP) is 4.18. The van der Waals surface area contributed by atoms with Crippen molar-refractivity contribution in [2.24, 2.45) is 0 Å².